The first-order valence-electron chi connectivity index (χ1n) is 7.31. The lowest BCUT2D eigenvalue weighted by molar-refractivity contribution is 0.0162. The number of esters is 1. The van der Waals surface area contributed by atoms with Gasteiger partial charge in [-0.15, -0.1) is 0 Å². The van der Waals surface area contributed by atoms with Gasteiger partial charge in [0.1, 0.15) is 6.10 Å². The molecule has 0 atom stereocenters. The zero-order valence-electron chi connectivity index (χ0n) is 11.9. The summed E-state index contributed by atoms with van der Waals surface area (Å²) >= 11 is 0. The van der Waals surface area contributed by atoms with E-state index in [0.717, 1.165) is 32.1 Å². The van der Waals surface area contributed by atoms with E-state index in [1.54, 1.807) is 24.3 Å². The molecule has 0 radical (unpaired) electrons. The first kappa shape index (κ1) is 15.1. The minimum absolute atomic E-state index is 0.0218. The van der Waals surface area contributed by atoms with Gasteiger partial charge in [0, 0.05) is 6.42 Å². The highest BCUT2D eigenvalue weighted by atomic mass is 16.5. The summed E-state index contributed by atoms with van der Waals surface area (Å²) in [4.78, 5) is 12.0. The van der Waals surface area contributed by atoms with Crippen molar-refractivity contribution in [2.24, 2.45) is 5.92 Å². The Morgan fingerprint density at radius 3 is 2.38 bits per heavy atom. The van der Waals surface area contributed by atoms with Crippen LogP contribution < -0.4 is 0 Å². The summed E-state index contributed by atoms with van der Waals surface area (Å²) in [5.41, 5.74) is 1.02. The molecule has 1 aliphatic rings. The van der Waals surface area contributed by atoms with Crippen molar-refractivity contribution < 1.29 is 9.53 Å². The molecule has 0 aliphatic heterocycles. The van der Waals surface area contributed by atoms with Crippen LogP contribution in [0.5, 0.6) is 0 Å². The number of rotatable bonds is 4. The van der Waals surface area contributed by atoms with E-state index in [-0.39, 0.29) is 12.1 Å². The fourth-order valence-electron chi connectivity index (χ4n) is 2.71. The van der Waals surface area contributed by atoms with Crippen molar-refractivity contribution in [1.82, 2.24) is 0 Å². The third kappa shape index (κ3) is 4.33. The van der Waals surface area contributed by atoms with Crippen molar-refractivity contribution in [1.29, 1.82) is 10.5 Å². The lowest BCUT2D eigenvalue weighted by Gasteiger charge is -2.27. The van der Waals surface area contributed by atoms with Crippen LogP contribution in [0.15, 0.2) is 24.3 Å². The molecule has 21 heavy (non-hydrogen) atoms. The quantitative estimate of drug-likeness (QED) is 0.791. The Labute approximate surface area is 125 Å². The van der Waals surface area contributed by atoms with Crippen molar-refractivity contribution in [2.75, 3.05) is 0 Å². The van der Waals surface area contributed by atoms with Crippen molar-refractivity contribution >= 4 is 5.97 Å². The average Bonchev–Trinajstić information content (AvgIpc) is 2.54. The highest BCUT2D eigenvalue weighted by Gasteiger charge is 2.24. The summed E-state index contributed by atoms with van der Waals surface area (Å²) in [6, 6.07) is 10.7. The maximum absolute atomic E-state index is 12.0. The number of carbonyl (C=O) groups excluding carboxylic acids is 1. The summed E-state index contributed by atoms with van der Waals surface area (Å²) in [7, 11) is 0. The van der Waals surface area contributed by atoms with Crippen LogP contribution in [0.2, 0.25) is 0 Å². The molecule has 4 nitrogen and oxygen atoms in total. The predicted octanol–water partition coefficient (Wildman–Crippen LogP) is 3.58. The molecular formula is C17H18N2O2. The maximum atomic E-state index is 12.0. The van der Waals surface area contributed by atoms with Crippen molar-refractivity contribution in [3.8, 4) is 12.1 Å². The summed E-state index contributed by atoms with van der Waals surface area (Å²) in [5, 5.41) is 17.3. The molecule has 0 saturated heterocycles. The van der Waals surface area contributed by atoms with Gasteiger partial charge in [0.2, 0.25) is 0 Å². The summed E-state index contributed by atoms with van der Waals surface area (Å²) in [6.07, 6.45) is 5.33. The van der Waals surface area contributed by atoms with E-state index in [1.165, 1.54) is 0 Å². The fraction of sp³-hybridized carbons (Fsp3) is 0.471. The molecule has 108 valence electrons. The normalized spacial score (nSPS) is 21.0. The lowest BCUT2D eigenvalue weighted by Crippen LogP contribution is -2.24. The van der Waals surface area contributed by atoms with Crippen LogP contribution in [0.25, 0.3) is 0 Å². The van der Waals surface area contributed by atoms with E-state index in [1.807, 2.05) is 6.07 Å². The second kappa shape index (κ2) is 7.45. The Bertz CT molecular complexity index is 558. The van der Waals surface area contributed by atoms with Gasteiger partial charge in [-0.1, -0.05) is 0 Å². The van der Waals surface area contributed by atoms with Gasteiger partial charge in [0.15, 0.2) is 0 Å². The number of hydrogen-bond donors (Lipinski definition) is 0. The topological polar surface area (TPSA) is 73.9 Å². The number of nitriles is 2. The van der Waals surface area contributed by atoms with Crippen LogP contribution in [0.1, 0.15) is 54.4 Å². The van der Waals surface area contributed by atoms with Crippen LogP contribution in [0.3, 0.4) is 0 Å². The molecule has 0 heterocycles. The molecule has 0 N–H and O–H groups in total. The second-order valence-corrected chi connectivity index (χ2v) is 5.43. The monoisotopic (exact) mass is 282 g/mol. The van der Waals surface area contributed by atoms with Gasteiger partial charge in [-0.3, -0.25) is 0 Å². The molecule has 0 amide bonds. The van der Waals surface area contributed by atoms with E-state index in [2.05, 4.69) is 6.07 Å². The van der Waals surface area contributed by atoms with Crippen LogP contribution in [-0.4, -0.2) is 12.1 Å². The number of hydrogen-bond acceptors (Lipinski definition) is 4. The zero-order valence-corrected chi connectivity index (χ0v) is 11.9. The fourth-order valence-corrected chi connectivity index (χ4v) is 2.71. The zero-order chi connectivity index (χ0) is 15.1. The molecule has 1 aromatic rings. The highest BCUT2D eigenvalue weighted by molar-refractivity contribution is 5.89. The molecule has 1 aromatic carbocycles. The van der Waals surface area contributed by atoms with Crippen molar-refractivity contribution in [2.45, 2.75) is 44.6 Å². The summed E-state index contributed by atoms with van der Waals surface area (Å²) < 4.78 is 5.52. The van der Waals surface area contributed by atoms with Crippen molar-refractivity contribution in [3.05, 3.63) is 35.4 Å². The third-order valence-electron chi connectivity index (χ3n) is 3.98. The molecule has 1 saturated carbocycles. The van der Waals surface area contributed by atoms with Gasteiger partial charge in [-0.2, -0.15) is 10.5 Å². The largest absolute Gasteiger partial charge is 0.459 e. The van der Waals surface area contributed by atoms with Gasteiger partial charge in [-0.25, -0.2) is 4.79 Å². The Morgan fingerprint density at radius 2 is 1.81 bits per heavy atom. The number of benzene rings is 1. The minimum Gasteiger partial charge on any atom is -0.459 e. The number of carbonyl (C=O) groups is 1. The Hall–Kier alpha value is -2.33. The molecule has 2 rings (SSSR count). The molecule has 0 bridgehead atoms. The molecule has 1 aliphatic carbocycles. The first-order valence-corrected chi connectivity index (χ1v) is 7.31. The molecule has 1 fully saturated rings. The van der Waals surface area contributed by atoms with E-state index >= 15 is 0 Å². The standard InChI is InChI=1S/C17H18N2O2/c18-11-1-2-13-5-9-16(10-6-13)21-17(20)15-7-3-14(12-19)4-8-15/h3-4,7-8,13,16H,1-2,5-6,9-10H2. The highest BCUT2D eigenvalue weighted by Crippen LogP contribution is 2.29. The lowest BCUT2D eigenvalue weighted by atomic mass is 9.84. The van der Waals surface area contributed by atoms with Crippen LogP contribution in [0, 0.1) is 28.6 Å². The van der Waals surface area contributed by atoms with Gasteiger partial charge in [0.05, 0.1) is 23.3 Å². The Balaban J connectivity index is 1.81. The molecule has 0 aromatic heterocycles. The third-order valence-corrected chi connectivity index (χ3v) is 3.98. The van der Waals surface area contributed by atoms with Gasteiger partial charge < -0.3 is 4.74 Å². The van der Waals surface area contributed by atoms with Crippen LogP contribution in [0.4, 0.5) is 0 Å². The summed E-state index contributed by atoms with van der Waals surface area (Å²) in [6.45, 7) is 0. The molecule has 0 unspecified atom stereocenters. The van der Waals surface area contributed by atoms with Gasteiger partial charge in [-0.05, 0) is 62.3 Å². The molecular weight excluding hydrogens is 264 g/mol. The summed E-state index contributed by atoms with van der Waals surface area (Å²) in [5.74, 6) is 0.273. The van der Waals surface area contributed by atoms with E-state index in [0.29, 0.717) is 23.5 Å². The molecule has 0 spiro atoms. The number of nitrogens with zero attached hydrogens (tertiary/aromatic N) is 2. The SMILES string of the molecule is N#CCCC1CCC(OC(=O)c2ccc(C#N)cc2)CC1. The van der Waals surface area contributed by atoms with Gasteiger partial charge >= 0.3 is 5.97 Å². The van der Waals surface area contributed by atoms with Crippen LogP contribution in [-0.2, 0) is 4.74 Å². The Morgan fingerprint density at radius 1 is 1.14 bits per heavy atom. The first-order chi connectivity index (χ1) is 10.2. The minimum atomic E-state index is -0.319. The number of ether oxygens (including phenoxy) is 1. The average molecular weight is 282 g/mol. The van der Waals surface area contributed by atoms with E-state index < -0.39 is 0 Å². The second-order valence-electron chi connectivity index (χ2n) is 5.43. The van der Waals surface area contributed by atoms with E-state index in [9.17, 15) is 4.79 Å². The van der Waals surface area contributed by atoms with Crippen LogP contribution >= 0.6 is 0 Å². The van der Waals surface area contributed by atoms with Crippen molar-refractivity contribution in [3.63, 3.8) is 0 Å². The smallest absolute Gasteiger partial charge is 0.338 e. The molecule has 4 heteroatoms. The maximum Gasteiger partial charge on any atom is 0.338 e. The van der Waals surface area contributed by atoms with E-state index in [4.69, 9.17) is 15.3 Å². The predicted molar refractivity (Wildman–Crippen MR) is 77.2 cm³/mol. The Kier molecular flexibility index (Phi) is 5.35. The van der Waals surface area contributed by atoms with Gasteiger partial charge in [0.25, 0.3) is 0 Å².